The van der Waals surface area contributed by atoms with E-state index in [1.165, 1.54) is 30.7 Å². The van der Waals surface area contributed by atoms with Gasteiger partial charge in [0.15, 0.2) is 0 Å². The Bertz CT molecular complexity index is 1390. The van der Waals surface area contributed by atoms with Gasteiger partial charge in [-0.15, -0.1) is 10.0 Å². The van der Waals surface area contributed by atoms with Crippen LogP contribution in [0, 0.1) is 0 Å². The highest BCUT2D eigenvalue weighted by molar-refractivity contribution is 8.34. The van der Waals surface area contributed by atoms with Crippen LogP contribution in [-0.2, 0) is 0 Å². The molecule has 0 atom stereocenters. The molecule has 2 nitrogen and oxygen atoms in total. The number of hydrogen-bond donors (Lipinski definition) is 2. The lowest BCUT2D eigenvalue weighted by molar-refractivity contribution is 1.29. The van der Waals surface area contributed by atoms with E-state index in [4.69, 9.17) is 5.73 Å². The maximum Gasteiger partial charge on any atom is 0.0391 e. The van der Waals surface area contributed by atoms with Crippen LogP contribution in [0.25, 0.3) is 11.1 Å². The standard InChI is InChI=1S/C30H24N2S/c31-22-16-18-27-28-21-24(32-23-10-4-1-5-11-23)17-19-29(28)33(30(27)20-22,25-12-6-2-7-13-25)26-14-8-3-9-15-26/h1-21,32H,31H2. The number of anilines is 3. The fourth-order valence-corrected chi connectivity index (χ4v) is 9.05. The van der Waals surface area contributed by atoms with Crippen LogP contribution in [-0.4, -0.2) is 0 Å². The highest BCUT2D eigenvalue weighted by Gasteiger charge is 2.42. The zero-order valence-electron chi connectivity index (χ0n) is 18.1. The topological polar surface area (TPSA) is 38.0 Å². The third kappa shape index (κ3) is 3.12. The van der Waals surface area contributed by atoms with Gasteiger partial charge in [0, 0.05) is 36.6 Å². The molecule has 1 heterocycles. The first-order valence-electron chi connectivity index (χ1n) is 11.1. The monoisotopic (exact) mass is 444 g/mol. The second kappa shape index (κ2) is 7.88. The molecule has 0 fully saturated rings. The Morgan fingerprint density at radius 2 is 1.09 bits per heavy atom. The molecule has 1 aliphatic heterocycles. The van der Waals surface area contributed by atoms with Crippen molar-refractivity contribution >= 4 is 27.1 Å². The van der Waals surface area contributed by atoms with Crippen molar-refractivity contribution in [1.29, 1.82) is 0 Å². The van der Waals surface area contributed by atoms with Crippen molar-refractivity contribution in [2.75, 3.05) is 11.1 Å². The van der Waals surface area contributed by atoms with E-state index in [2.05, 4.69) is 108 Å². The van der Waals surface area contributed by atoms with Crippen LogP contribution in [0.4, 0.5) is 17.1 Å². The molecule has 3 heteroatoms. The number of nitrogen functional groups attached to an aromatic ring is 1. The zero-order valence-corrected chi connectivity index (χ0v) is 18.9. The van der Waals surface area contributed by atoms with Gasteiger partial charge in [-0.05, 0) is 77.9 Å². The lowest BCUT2D eigenvalue weighted by atomic mass is 10.0. The molecular formula is C30H24N2S. The van der Waals surface area contributed by atoms with Crippen LogP contribution in [0.3, 0.4) is 0 Å². The summed E-state index contributed by atoms with van der Waals surface area (Å²) in [4.78, 5) is 5.32. The highest BCUT2D eigenvalue weighted by Crippen LogP contribution is 2.80. The summed E-state index contributed by atoms with van der Waals surface area (Å²) in [6.07, 6.45) is 0. The van der Waals surface area contributed by atoms with Gasteiger partial charge in [-0.1, -0.05) is 60.7 Å². The van der Waals surface area contributed by atoms with Crippen molar-refractivity contribution in [3.63, 3.8) is 0 Å². The van der Waals surface area contributed by atoms with E-state index in [1.807, 2.05) is 24.3 Å². The third-order valence-electron chi connectivity index (χ3n) is 6.19. The van der Waals surface area contributed by atoms with E-state index in [0.717, 1.165) is 17.1 Å². The molecule has 1 aliphatic rings. The van der Waals surface area contributed by atoms with E-state index < -0.39 is 10.0 Å². The third-order valence-corrected chi connectivity index (χ3v) is 10.2. The summed E-state index contributed by atoms with van der Waals surface area (Å²) in [7, 11) is -1.66. The largest absolute Gasteiger partial charge is 0.399 e. The van der Waals surface area contributed by atoms with Gasteiger partial charge in [-0.2, -0.15) is 0 Å². The molecule has 0 aromatic heterocycles. The lowest BCUT2D eigenvalue weighted by Crippen LogP contribution is -2.02. The van der Waals surface area contributed by atoms with Crippen LogP contribution < -0.4 is 11.1 Å². The summed E-state index contributed by atoms with van der Waals surface area (Å²) in [6.45, 7) is 0. The molecule has 33 heavy (non-hydrogen) atoms. The second-order valence-corrected chi connectivity index (χ2v) is 11.2. The summed E-state index contributed by atoms with van der Waals surface area (Å²) >= 11 is 0. The van der Waals surface area contributed by atoms with Crippen molar-refractivity contribution in [2.24, 2.45) is 0 Å². The van der Waals surface area contributed by atoms with Gasteiger partial charge in [0.25, 0.3) is 0 Å². The Balaban J connectivity index is 1.65. The number of benzene rings is 5. The molecule has 6 rings (SSSR count). The number of nitrogens with one attached hydrogen (secondary N) is 1. The number of fused-ring (bicyclic) bond motifs is 3. The number of rotatable bonds is 4. The van der Waals surface area contributed by atoms with Gasteiger partial charge in [-0.25, -0.2) is 0 Å². The maximum atomic E-state index is 6.38. The van der Waals surface area contributed by atoms with E-state index in [0.29, 0.717) is 0 Å². The molecule has 0 bridgehead atoms. The van der Waals surface area contributed by atoms with Crippen molar-refractivity contribution < 1.29 is 0 Å². The van der Waals surface area contributed by atoms with Crippen molar-refractivity contribution in [3.05, 3.63) is 127 Å². The number of para-hydroxylation sites is 1. The van der Waals surface area contributed by atoms with Crippen molar-refractivity contribution in [3.8, 4) is 11.1 Å². The van der Waals surface area contributed by atoms with E-state index in [-0.39, 0.29) is 0 Å². The minimum absolute atomic E-state index is 0.799. The minimum atomic E-state index is -1.66. The second-order valence-electron chi connectivity index (χ2n) is 8.20. The Labute approximate surface area is 196 Å². The summed E-state index contributed by atoms with van der Waals surface area (Å²) in [5, 5.41) is 3.57. The molecule has 160 valence electrons. The molecule has 0 amide bonds. The molecule has 0 saturated carbocycles. The number of nitrogens with two attached hydrogens (primary N) is 1. The van der Waals surface area contributed by atoms with Gasteiger partial charge in [0.2, 0.25) is 0 Å². The van der Waals surface area contributed by atoms with E-state index in [1.54, 1.807) is 0 Å². The summed E-state index contributed by atoms with van der Waals surface area (Å²) in [5.74, 6) is 0. The van der Waals surface area contributed by atoms with Crippen LogP contribution in [0.2, 0.25) is 0 Å². The SMILES string of the molecule is Nc1ccc2c(c1)S(c1ccccc1)(c1ccccc1)c1ccc(Nc3ccccc3)cc1-2. The van der Waals surface area contributed by atoms with Gasteiger partial charge < -0.3 is 11.1 Å². The molecule has 0 spiro atoms. The van der Waals surface area contributed by atoms with Crippen molar-refractivity contribution in [1.82, 2.24) is 0 Å². The Morgan fingerprint density at radius 1 is 0.485 bits per heavy atom. The Hall–Kier alpha value is -3.95. The first-order chi connectivity index (χ1) is 16.3. The molecular weight excluding hydrogens is 420 g/mol. The molecule has 0 unspecified atom stereocenters. The normalized spacial score (nSPS) is 14.2. The highest BCUT2D eigenvalue weighted by atomic mass is 32.3. The van der Waals surface area contributed by atoms with Crippen LogP contribution >= 0.6 is 10.0 Å². The molecule has 0 aliphatic carbocycles. The van der Waals surface area contributed by atoms with Gasteiger partial charge in [0.1, 0.15) is 0 Å². The minimum Gasteiger partial charge on any atom is -0.399 e. The van der Waals surface area contributed by atoms with Gasteiger partial charge in [-0.3, -0.25) is 0 Å². The quantitative estimate of drug-likeness (QED) is 0.268. The first kappa shape index (κ1) is 19.7. The van der Waals surface area contributed by atoms with Gasteiger partial charge in [0.05, 0.1) is 0 Å². The predicted molar refractivity (Wildman–Crippen MR) is 140 cm³/mol. The molecule has 0 saturated heterocycles. The average Bonchev–Trinajstić information content (AvgIpc) is 3.15. The van der Waals surface area contributed by atoms with E-state index >= 15 is 0 Å². The Morgan fingerprint density at radius 3 is 1.73 bits per heavy atom. The van der Waals surface area contributed by atoms with E-state index in [9.17, 15) is 0 Å². The summed E-state index contributed by atoms with van der Waals surface area (Å²) in [6, 6.07) is 45.3. The van der Waals surface area contributed by atoms with Crippen molar-refractivity contribution in [2.45, 2.75) is 19.6 Å². The Kier molecular flexibility index (Phi) is 4.70. The summed E-state index contributed by atoms with van der Waals surface area (Å²) < 4.78 is 0. The fourth-order valence-electron chi connectivity index (χ4n) is 4.80. The zero-order chi connectivity index (χ0) is 22.3. The molecule has 3 N–H and O–H groups in total. The lowest BCUT2D eigenvalue weighted by Gasteiger charge is -2.39. The van der Waals surface area contributed by atoms with Crippen LogP contribution in [0.1, 0.15) is 0 Å². The smallest absolute Gasteiger partial charge is 0.0391 e. The first-order valence-corrected chi connectivity index (χ1v) is 12.7. The van der Waals surface area contributed by atoms with Crippen LogP contribution in [0.5, 0.6) is 0 Å². The summed E-state index contributed by atoms with van der Waals surface area (Å²) in [5.41, 5.74) is 11.9. The maximum absolute atomic E-state index is 6.38. The number of hydrogen-bond acceptors (Lipinski definition) is 2. The predicted octanol–water partition coefficient (Wildman–Crippen LogP) is 8.33. The molecule has 5 aromatic carbocycles. The fraction of sp³-hybridized carbons (Fsp3) is 0. The molecule has 5 aromatic rings. The van der Waals surface area contributed by atoms with Gasteiger partial charge >= 0.3 is 0 Å². The van der Waals surface area contributed by atoms with Crippen LogP contribution in [0.15, 0.2) is 147 Å². The average molecular weight is 445 g/mol. The molecule has 0 radical (unpaired) electrons.